The lowest BCUT2D eigenvalue weighted by molar-refractivity contribution is -0.119. The van der Waals surface area contributed by atoms with E-state index in [2.05, 4.69) is 5.10 Å². The molecular weight excluding hydrogens is 411 g/mol. The van der Waals surface area contributed by atoms with Crippen molar-refractivity contribution in [2.45, 2.75) is 25.8 Å². The van der Waals surface area contributed by atoms with Crippen LogP contribution in [0, 0.1) is 0 Å². The first-order valence-electron chi connectivity index (χ1n) is 8.78. The van der Waals surface area contributed by atoms with Crippen molar-refractivity contribution in [2.75, 3.05) is 7.04 Å². The van der Waals surface area contributed by atoms with E-state index < -0.39 is 36.7 Å². The average Bonchev–Trinajstić information content (AvgIpc) is 2.96. The Kier molecular flexibility index (Phi) is 5.49. The first-order valence-corrected chi connectivity index (χ1v) is 8.41. The molecule has 2 rings (SSSR count). The van der Waals surface area contributed by atoms with Crippen molar-refractivity contribution in [1.29, 1.82) is 0 Å². The lowest BCUT2D eigenvalue weighted by Gasteiger charge is -2.27. The molecule has 1 unspecified atom stereocenters. The summed E-state index contributed by atoms with van der Waals surface area (Å²) < 4.78 is 49.5. The van der Waals surface area contributed by atoms with Gasteiger partial charge in [-0.05, 0) is 31.0 Å². The summed E-state index contributed by atoms with van der Waals surface area (Å²) in [7, 11) is -1.65. The summed E-state index contributed by atoms with van der Waals surface area (Å²) in [5.41, 5.74) is -0.879. The number of rotatable bonds is 6. The largest absolute Gasteiger partial charge is 0.282 e. The maximum atomic E-state index is 13.2. The van der Waals surface area contributed by atoms with E-state index >= 15 is 0 Å². The van der Waals surface area contributed by atoms with Crippen LogP contribution in [0.1, 0.15) is 39.1 Å². The molecule has 1 amide bonds. The monoisotopic (exact) mass is 428 g/mol. The van der Waals surface area contributed by atoms with Gasteiger partial charge in [-0.2, -0.15) is 5.10 Å². The second-order valence-corrected chi connectivity index (χ2v) is 6.78. The summed E-state index contributed by atoms with van der Waals surface area (Å²) in [6.45, 7) is 1.46. The lowest BCUT2D eigenvalue weighted by atomic mass is 10.1. The standard InChI is InChI=1S/C16H16Cl3F2N3O2/c1-8(4-10-12(18)5-9(17)6-13(10)19)24(26-3)16(25)11-7-23(2)22-14(11)15(20)21/h5-8,15H,4H2,1-3H3/i3D3. The third-order valence-corrected chi connectivity index (χ3v) is 4.49. The average molecular weight is 430 g/mol. The highest BCUT2D eigenvalue weighted by Crippen LogP contribution is 2.31. The molecule has 0 fully saturated rings. The second-order valence-electron chi connectivity index (χ2n) is 5.53. The number of alkyl halides is 2. The van der Waals surface area contributed by atoms with Crippen LogP contribution in [0.2, 0.25) is 15.1 Å². The van der Waals surface area contributed by atoms with Gasteiger partial charge in [-0.1, -0.05) is 34.8 Å². The fourth-order valence-corrected chi connectivity index (χ4v) is 3.40. The molecule has 0 aliphatic carbocycles. The van der Waals surface area contributed by atoms with Crippen LogP contribution in [-0.2, 0) is 18.3 Å². The van der Waals surface area contributed by atoms with Crippen LogP contribution in [0.15, 0.2) is 18.3 Å². The van der Waals surface area contributed by atoms with E-state index in [1.54, 1.807) is 0 Å². The van der Waals surface area contributed by atoms with Crippen LogP contribution < -0.4 is 0 Å². The molecule has 1 heterocycles. The number of benzene rings is 1. The second kappa shape index (κ2) is 8.52. The van der Waals surface area contributed by atoms with Gasteiger partial charge in [-0.25, -0.2) is 13.8 Å². The van der Waals surface area contributed by atoms with Crippen molar-refractivity contribution in [3.63, 3.8) is 0 Å². The van der Waals surface area contributed by atoms with Gasteiger partial charge in [-0.15, -0.1) is 0 Å². The Labute approximate surface area is 168 Å². The normalized spacial score (nSPS) is 14.7. The van der Waals surface area contributed by atoms with Gasteiger partial charge in [0.15, 0.2) is 0 Å². The number of hydrogen-bond acceptors (Lipinski definition) is 3. The van der Waals surface area contributed by atoms with Gasteiger partial charge in [0.2, 0.25) is 0 Å². The van der Waals surface area contributed by atoms with Crippen LogP contribution in [0.25, 0.3) is 0 Å². The summed E-state index contributed by atoms with van der Waals surface area (Å²) >= 11 is 18.2. The van der Waals surface area contributed by atoms with E-state index in [-0.39, 0.29) is 16.5 Å². The molecule has 0 aliphatic rings. The lowest BCUT2D eigenvalue weighted by Crippen LogP contribution is -2.39. The molecular formula is C16H16Cl3F2N3O2. The molecule has 1 aromatic heterocycles. The van der Waals surface area contributed by atoms with E-state index in [9.17, 15) is 13.6 Å². The molecule has 26 heavy (non-hydrogen) atoms. The maximum absolute atomic E-state index is 13.2. The zero-order valence-electron chi connectivity index (χ0n) is 16.6. The van der Waals surface area contributed by atoms with Crippen molar-refractivity contribution in [3.05, 3.63) is 50.2 Å². The molecule has 0 N–H and O–H groups in total. The first-order chi connectivity index (χ1) is 13.3. The predicted molar refractivity (Wildman–Crippen MR) is 96.0 cm³/mol. The van der Waals surface area contributed by atoms with Crippen molar-refractivity contribution >= 4 is 40.7 Å². The van der Waals surface area contributed by atoms with Crippen LogP contribution in [0.5, 0.6) is 0 Å². The topological polar surface area (TPSA) is 47.4 Å². The summed E-state index contributed by atoms with van der Waals surface area (Å²) in [6, 6.07) is 1.93. The van der Waals surface area contributed by atoms with E-state index in [0.717, 1.165) is 10.9 Å². The summed E-state index contributed by atoms with van der Waals surface area (Å²) in [4.78, 5) is 17.7. The molecule has 1 aromatic carbocycles. The zero-order chi connectivity index (χ0) is 22.1. The minimum atomic E-state index is -3.04. The fourth-order valence-electron chi connectivity index (χ4n) is 2.43. The van der Waals surface area contributed by atoms with Gasteiger partial charge in [-0.3, -0.25) is 14.3 Å². The number of aromatic nitrogens is 2. The van der Waals surface area contributed by atoms with E-state index in [4.69, 9.17) is 43.8 Å². The number of hydroxylamine groups is 2. The molecule has 0 bridgehead atoms. The molecule has 0 saturated carbocycles. The Hall–Kier alpha value is -1.41. The Balaban J connectivity index is 2.42. The Bertz CT molecular complexity index is 886. The third-order valence-electron chi connectivity index (χ3n) is 3.60. The van der Waals surface area contributed by atoms with Gasteiger partial charge >= 0.3 is 0 Å². The van der Waals surface area contributed by atoms with Crippen LogP contribution in [-0.4, -0.2) is 33.8 Å². The smallest absolute Gasteiger partial charge is 0.275 e. The number of halogens is 5. The maximum Gasteiger partial charge on any atom is 0.282 e. The van der Waals surface area contributed by atoms with Crippen LogP contribution >= 0.6 is 34.8 Å². The molecule has 2 aromatic rings. The Morgan fingerprint density at radius 1 is 1.38 bits per heavy atom. The molecule has 142 valence electrons. The first kappa shape index (κ1) is 16.7. The molecule has 5 nitrogen and oxygen atoms in total. The number of hydrogen-bond donors (Lipinski definition) is 0. The quantitative estimate of drug-likeness (QED) is 0.610. The molecule has 0 saturated heterocycles. The SMILES string of the molecule is [2H]C([2H])([2H])ON(C(=O)c1cn(C)nc1C(F)F)C(C)Cc1c(Cl)cc(Cl)cc1Cl. The highest BCUT2D eigenvalue weighted by Gasteiger charge is 2.30. The van der Waals surface area contributed by atoms with Gasteiger partial charge in [0, 0.05) is 28.3 Å². The van der Waals surface area contributed by atoms with Crippen molar-refractivity contribution < 1.29 is 22.5 Å². The Morgan fingerprint density at radius 2 is 2.00 bits per heavy atom. The van der Waals surface area contributed by atoms with Crippen LogP contribution in [0.3, 0.4) is 0 Å². The fraction of sp³-hybridized carbons (Fsp3) is 0.375. The van der Waals surface area contributed by atoms with E-state index in [0.29, 0.717) is 15.6 Å². The van der Waals surface area contributed by atoms with Crippen molar-refractivity contribution in [2.24, 2.45) is 7.05 Å². The van der Waals surface area contributed by atoms with Gasteiger partial charge in [0.25, 0.3) is 12.3 Å². The molecule has 0 radical (unpaired) electrons. The molecule has 1 atom stereocenters. The molecule has 0 aliphatic heterocycles. The molecule has 0 spiro atoms. The minimum Gasteiger partial charge on any atom is -0.275 e. The highest BCUT2D eigenvalue weighted by atomic mass is 35.5. The van der Waals surface area contributed by atoms with E-state index in [1.165, 1.54) is 26.1 Å². The number of carbonyl (C=O) groups is 1. The molecule has 10 heteroatoms. The highest BCUT2D eigenvalue weighted by molar-refractivity contribution is 6.39. The van der Waals surface area contributed by atoms with Gasteiger partial charge in [0.05, 0.1) is 22.8 Å². The summed E-state index contributed by atoms with van der Waals surface area (Å²) in [5, 5.41) is 4.76. The number of carbonyl (C=O) groups excluding carboxylic acids is 1. The number of aryl methyl sites for hydroxylation is 1. The van der Waals surface area contributed by atoms with Gasteiger partial charge < -0.3 is 0 Å². The predicted octanol–water partition coefficient (Wildman–Crippen LogP) is 4.95. The zero-order valence-corrected chi connectivity index (χ0v) is 15.9. The third kappa shape index (κ3) is 4.46. The van der Waals surface area contributed by atoms with E-state index in [1.807, 2.05) is 0 Å². The summed E-state index contributed by atoms with van der Waals surface area (Å²) in [6.07, 6.45) is -2.00. The number of amides is 1. The van der Waals surface area contributed by atoms with Gasteiger partial charge in [0.1, 0.15) is 5.69 Å². The van der Waals surface area contributed by atoms with Crippen LogP contribution in [0.4, 0.5) is 8.78 Å². The van der Waals surface area contributed by atoms with Crippen molar-refractivity contribution in [1.82, 2.24) is 14.8 Å². The Morgan fingerprint density at radius 3 is 2.54 bits per heavy atom. The number of nitrogens with zero attached hydrogens (tertiary/aromatic N) is 3. The van der Waals surface area contributed by atoms with Crippen molar-refractivity contribution in [3.8, 4) is 0 Å². The summed E-state index contributed by atoms with van der Waals surface area (Å²) in [5.74, 6) is -1.08. The minimum absolute atomic E-state index is 0.0269.